The van der Waals surface area contributed by atoms with Gasteiger partial charge < -0.3 is 15.4 Å². The van der Waals surface area contributed by atoms with Gasteiger partial charge in [0, 0.05) is 32.7 Å². The molecule has 0 aliphatic carbocycles. The van der Waals surface area contributed by atoms with Crippen LogP contribution in [0, 0.1) is 0 Å². The molecule has 0 radical (unpaired) electrons. The van der Waals surface area contributed by atoms with Gasteiger partial charge in [-0.1, -0.05) is 6.08 Å². The van der Waals surface area contributed by atoms with Crippen LogP contribution in [-0.2, 0) is 14.3 Å². The first-order valence-electron chi connectivity index (χ1n) is 6.14. The van der Waals surface area contributed by atoms with Gasteiger partial charge >= 0.3 is 5.97 Å². The quantitative estimate of drug-likeness (QED) is 0.396. The summed E-state index contributed by atoms with van der Waals surface area (Å²) in [5.74, 6) is -1.01. The zero-order chi connectivity index (χ0) is 13.5. The van der Waals surface area contributed by atoms with Crippen molar-refractivity contribution in [2.24, 2.45) is 5.73 Å². The minimum Gasteiger partial charge on any atom is -0.464 e. The first-order chi connectivity index (χ1) is 8.60. The summed E-state index contributed by atoms with van der Waals surface area (Å²) in [6.45, 7) is 9.11. The molecule has 1 fully saturated rings. The molecule has 0 saturated carbocycles. The maximum absolute atomic E-state index is 11.9. The Bertz CT molecular complexity index is 312. The molecule has 1 heterocycles. The SMILES string of the molecule is C=CCN1CCN(C(=O)C(N)C(=O)OCC)CC1. The molecule has 102 valence electrons. The number of carbonyl (C=O) groups excluding carboxylic acids is 2. The Morgan fingerprint density at radius 2 is 2.00 bits per heavy atom. The second kappa shape index (κ2) is 7.13. The van der Waals surface area contributed by atoms with E-state index in [0.717, 1.165) is 19.6 Å². The van der Waals surface area contributed by atoms with E-state index in [-0.39, 0.29) is 12.5 Å². The van der Waals surface area contributed by atoms with E-state index in [1.165, 1.54) is 0 Å². The molecule has 0 bridgehead atoms. The highest BCUT2D eigenvalue weighted by molar-refractivity contribution is 6.01. The summed E-state index contributed by atoms with van der Waals surface area (Å²) >= 11 is 0. The van der Waals surface area contributed by atoms with Gasteiger partial charge in [0.1, 0.15) is 0 Å². The van der Waals surface area contributed by atoms with Gasteiger partial charge in [-0.05, 0) is 6.92 Å². The number of nitrogens with zero attached hydrogens (tertiary/aromatic N) is 2. The average Bonchev–Trinajstić information content (AvgIpc) is 2.38. The van der Waals surface area contributed by atoms with Gasteiger partial charge in [-0.15, -0.1) is 6.58 Å². The fraction of sp³-hybridized carbons (Fsp3) is 0.667. The molecule has 1 unspecified atom stereocenters. The minimum atomic E-state index is -1.20. The van der Waals surface area contributed by atoms with Crippen LogP contribution in [0.25, 0.3) is 0 Å². The number of piperazine rings is 1. The molecular formula is C12H21N3O3. The van der Waals surface area contributed by atoms with Crippen molar-refractivity contribution in [1.82, 2.24) is 9.80 Å². The van der Waals surface area contributed by atoms with Crippen molar-refractivity contribution in [2.75, 3.05) is 39.3 Å². The smallest absolute Gasteiger partial charge is 0.332 e. The van der Waals surface area contributed by atoms with Crippen molar-refractivity contribution in [2.45, 2.75) is 13.0 Å². The molecule has 1 aliphatic rings. The molecule has 1 atom stereocenters. The Morgan fingerprint density at radius 1 is 1.39 bits per heavy atom. The lowest BCUT2D eigenvalue weighted by Gasteiger charge is -2.34. The van der Waals surface area contributed by atoms with E-state index in [2.05, 4.69) is 11.5 Å². The number of hydrogen-bond acceptors (Lipinski definition) is 5. The van der Waals surface area contributed by atoms with Crippen LogP contribution >= 0.6 is 0 Å². The highest BCUT2D eigenvalue weighted by Gasteiger charge is 2.30. The maximum Gasteiger partial charge on any atom is 0.332 e. The van der Waals surface area contributed by atoms with Gasteiger partial charge in [-0.2, -0.15) is 0 Å². The molecule has 18 heavy (non-hydrogen) atoms. The second-order valence-electron chi connectivity index (χ2n) is 4.14. The monoisotopic (exact) mass is 255 g/mol. The van der Waals surface area contributed by atoms with Crippen molar-refractivity contribution in [3.05, 3.63) is 12.7 Å². The van der Waals surface area contributed by atoms with E-state index in [0.29, 0.717) is 13.1 Å². The highest BCUT2D eigenvalue weighted by atomic mass is 16.5. The molecule has 2 N–H and O–H groups in total. The fourth-order valence-corrected chi connectivity index (χ4v) is 1.86. The van der Waals surface area contributed by atoms with Gasteiger partial charge in [0.15, 0.2) is 6.04 Å². The molecule has 0 aromatic carbocycles. The van der Waals surface area contributed by atoms with Crippen LogP contribution in [0.2, 0.25) is 0 Å². The van der Waals surface area contributed by atoms with Crippen molar-refractivity contribution in [1.29, 1.82) is 0 Å². The second-order valence-corrected chi connectivity index (χ2v) is 4.14. The average molecular weight is 255 g/mol. The van der Waals surface area contributed by atoms with Crippen molar-refractivity contribution in [3.63, 3.8) is 0 Å². The van der Waals surface area contributed by atoms with Crippen LogP contribution < -0.4 is 5.73 Å². The van der Waals surface area contributed by atoms with Crippen LogP contribution in [0.1, 0.15) is 6.92 Å². The summed E-state index contributed by atoms with van der Waals surface area (Å²) in [4.78, 5) is 27.1. The van der Waals surface area contributed by atoms with Crippen molar-refractivity contribution < 1.29 is 14.3 Å². The summed E-state index contributed by atoms with van der Waals surface area (Å²) in [7, 11) is 0. The van der Waals surface area contributed by atoms with Gasteiger partial charge in [0.25, 0.3) is 5.91 Å². The van der Waals surface area contributed by atoms with Crippen LogP contribution in [0.15, 0.2) is 12.7 Å². The van der Waals surface area contributed by atoms with E-state index >= 15 is 0 Å². The first kappa shape index (κ1) is 14.7. The van der Waals surface area contributed by atoms with E-state index in [9.17, 15) is 9.59 Å². The molecular weight excluding hydrogens is 234 g/mol. The van der Waals surface area contributed by atoms with Crippen LogP contribution in [0.4, 0.5) is 0 Å². The Balaban J connectivity index is 2.44. The van der Waals surface area contributed by atoms with Crippen LogP contribution in [0.3, 0.4) is 0 Å². The maximum atomic E-state index is 11.9. The summed E-state index contributed by atoms with van der Waals surface area (Å²) < 4.78 is 4.74. The predicted octanol–water partition coefficient (Wildman–Crippen LogP) is -0.793. The molecule has 1 amide bonds. The molecule has 0 spiro atoms. The Morgan fingerprint density at radius 3 is 2.50 bits per heavy atom. The van der Waals surface area contributed by atoms with E-state index < -0.39 is 12.0 Å². The largest absolute Gasteiger partial charge is 0.464 e. The Hall–Kier alpha value is -1.40. The van der Waals surface area contributed by atoms with Gasteiger partial charge in [0.05, 0.1) is 6.61 Å². The fourth-order valence-electron chi connectivity index (χ4n) is 1.86. The number of amides is 1. The molecule has 6 nitrogen and oxygen atoms in total. The van der Waals surface area contributed by atoms with Gasteiger partial charge in [0.2, 0.25) is 0 Å². The van der Waals surface area contributed by atoms with Crippen molar-refractivity contribution in [3.8, 4) is 0 Å². The first-order valence-corrected chi connectivity index (χ1v) is 6.14. The third-order valence-corrected chi connectivity index (χ3v) is 2.88. The number of esters is 1. The number of hydrogen-bond donors (Lipinski definition) is 1. The van der Waals surface area contributed by atoms with E-state index in [1.54, 1.807) is 11.8 Å². The highest BCUT2D eigenvalue weighted by Crippen LogP contribution is 2.04. The summed E-state index contributed by atoms with van der Waals surface area (Å²) in [6.07, 6.45) is 1.84. The molecule has 0 aromatic rings. The molecule has 1 saturated heterocycles. The van der Waals surface area contributed by atoms with Crippen LogP contribution in [-0.4, -0.2) is 67.0 Å². The minimum absolute atomic E-state index is 0.229. The summed E-state index contributed by atoms with van der Waals surface area (Å²) in [5.41, 5.74) is 5.58. The molecule has 1 rings (SSSR count). The number of carbonyl (C=O) groups is 2. The van der Waals surface area contributed by atoms with Crippen LogP contribution in [0.5, 0.6) is 0 Å². The zero-order valence-electron chi connectivity index (χ0n) is 10.8. The van der Waals surface area contributed by atoms with E-state index in [4.69, 9.17) is 10.5 Å². The van der Waals surface area contributed by atoms with Crippen molar-refractivity contribution >= 4 is 11.9 Å². The van der Waals surface area contributed by atoms with Gasteiger partial charge in [-0.25, -0.2) is 4.79 Å². The number of rotatable bonds is 5. The topological polar surface area (TPSA) is 75.9 Å². The third-order valence-electron chi connectivity index (χ3n) is 2.88. The Labute approximate surface area is 107 Å². The summed E-state index contributed by atoms with van der Waals surface area (Å²) in [6, 6.07) is -1.20. The number of nitrogens with two attached hydrogens (primary N) is 1. The molecule has 1 aliphatic heterocycles. The standard InChI is InChI=1S/C12H21N3O3/c1-3-5-14-6-8-15(9-7-14)11(16)10(13)12(17)18-4-2/h3,10H,1,4-9,13H2,2H3. The zero-order valence-corrected chi connectivity index (χ0v) is 10.8. The normalized spacial score (nSPS) is 18.2. The molecule has 0 aromatic heterocycles. The predicted molar refractivity (Wildman–Crippen MR) is 67.8 cm³/mol. The Kier molecular flexibility index (Phi) is 5.80. The summed E-state index contributed by atoms with van der Waals surface area (Å²) in [5, 5.41) is 0. The lowest BCUT2D eigenvalue weighted by molar-refractivity contribution is -0.151. The lowest BCUT2D eigenvalue weighted by atomic mass is 10.2. The number of ether oxygens (including phenoxy) is 1. The van der Waals surface area contributed by atoms with E-state index in [1.807, 2.05) is 6.08 Å². The van der Waals surface area contributed by atoms with Gasteiger partial charge in [-0.3, -0.25) is 9.69 Å². The molecule has 6 heteroatoms. The third kappa shape index (κ3) is 3.82. The lowest BCUT2D eigenvalue weighted by Crippen LogP contribution is -2.55.